The predicted octanol–water partition coefficient (Wildman–Crippen LogP) is 4.11. The van der Waals surface area contributed by atoms with E-state index in [-0.39, 0.29) is 5.92 Å². The van der Waals surface area contributed by atoms with Crippen LogP contribution in [0.1, 0.15) is 25.1 Å². The van der Waals surface area contributed by atoms with Gasteiger partial charge in [-0.3, -0.25) is 0 Å². The molecule has 20 heavy (non-hydrogen) atoms. The molecule has 2 rings (SSSR count). The summed E-state index contributed by atoms with van der Waals surface area (Å²) in [7, 11) is 0. The van der Waals surface area contributed by atoms with Crippen LogP contribution in [0, 0.1) is 17.2 Å². The van der Waals surface area contributed by atoms with Gasteiger partial charge in [0.05, 0.1) is 16.8 Å². The standard InChI is InChI=1S/C14H14ClN3OS/c1-10(6-7-16)8-14-17-13(18-19-14)9-20-12-5-3-2-4-11(12)15/h2-5,10H,6,8-9H2,1H3. The van der Waals surface area contributed by atoms with Crippen LogP contribution in [0.4, 0.5) is 0 Å². The molecule has 0 N–H and O–H groups in total. The minimum atomic E-state index is 0.226. The molecular formula is C14H14ClN3OS. The predicted molar refractivity (Wildman–Crippen MR) is 78.4 cm³/mol. The highest BCUT2D eigenvalue weighted by Crippen LogP contribution is 2.28. The number of nitriles is 1. The molecule has 0 radical (unpaired) electrons. The van der Waals surface area contributed by atoms with Gasteiger partial charge in [0, 0.05) is 17.7 Å². The van der Waals surface area contributed by atoms with Gasteiger partial charge in [-0.2, -0.15) is 10.2 Å². The molecule has 2 aromatic rings. The van der Waals surface area contributed by atoms with Crippen molar-refractivity contribution >= 4 is 23.4 Å². The van der Waals surface area contributed by atoms with E-state index in [0.717, 1.165) is 9.92 Å². The van der Waals surface area contributed by atoms with Crippen molar-refractivity contribution in [3.8, 4) is 6.07 Å². The average molecular weight is 308 g/mol. The SMILES string of the molecule is CC(CC#N)Cc1nc(CSc2ccccc2Cl)no1. The third-order valence-electron chi connectivity index (χ3n) is 2.67. The van der Waals surface area contributed by atoms with Crippen molar-refractivity contribution in [1.82, 2.24) is 10.1 Å². The number of benzene rings is 1. The first-order valence-corrected chi connectivity index (χ1v) is 7.61. The summed E-state index contributed by atoms with van der Waals surface area (Å²) in [5.41, 5.74) is 0. The molecule has 0 aliphatic rings. The van der Waals surface area contributed by atoms with E-state index in [1.807, 2.05) is 31.2 Å². The van der Waals surface area contributed by atoms with Crippen LogP contribution >= 0.6 is 23.4 Å². The average Bonchev–Trinajstić information content (AvgIpc) is 2.85. The Hall–Kier alpha value is -1.51. The van der Waals surface area contributed by atoms with Crippen LogP contribution in [0.15, 0.2) is 33.7 Å². The molecule has 0 saturated carbocycles. The van der Waals surface area contributed by atoms with Gasteiger partial charge in [0.2, 0.25) is 5.89 Å². The molecule has 0 aliphatic heterocycles. The smallest absolute Gasteiger partial charge is 0.226 e. The van der Waals surface area contributed by atoms with Crippen LogP contribution in [0.2, 0.25) is 5.02 Å². The van der Waals surface area contributed by atoms with E-state index in [0.29, 0.717) is 30.3 Å². The summed E-state index contributed by atoms with van der Waals surface area (Å²) in [5, 5.41) is 13.3. The van der Waals surface area contributed by atoms with Gasteiger partial charge in [0.15, 0.2) is 5.82 Å². The van der Waals surface area contributed by atoms with Gasteiger partial charge in [0.25, 0.3) is 0 Å². The van der Waals surface area contributed by atoms with Crippen molar-refractivity contribution in [3.63, 3.8) is 0 Å². The van der Waals surface area contributed by atoms with Crippen LogP contribution in [-0.2, 0) is 12.2 Å². The minimum absolute atomic E-state index is 0.226. The molecule has 0 spiro atoms. The molecule has 1 heterocycles. The Morgan fingerprint density at radius 1 is 1.45 bits per heavy atom. The Bertz CT molecular complexity index is 608. The van der Waals surface area contributed by atoms with Crippen LogP contribution < -0.4 is 0 Å². The molecule has 0 fully saturated rings. The topological polar surface area (TPSA) is 62.7 Å². The van der Waals surface area contributed by atoms with Crippen molar-refractivity contribution in [3.05, 3.63) is 41.0 Å². The van der Waals surface area contributed by atoms with Crippen molar-refractivity contribution in [2.75, 3.05) is 0 Å². The van der Waals surface area contributed by atoms with Crippen LogP contribution in [0.25, 0.3) is 0 Å². The fourth-order valence-electron chi connectivity index (χ4n) is 1.66. The van der Waals surface area contributed by atoms with E-state index in [2.05, 4.69) is 16.2 Å². The Labute approximate surface area is 127 Å². The van der Waals surface area contributed by atoms with Gasteiger partial charge in [-0.05, 0) is 18.1 Å². The number of halogens is 1. The molecule has 0 bridgehead atoms. The Balaban J connectivity index is 1.90. The fraction of sp³-hybridized carbons (Fsp3) is 0.357. The molecule has 0 aliphatic carbocycles. The number of hydrogen-bond donors (Lipinski definition) is 0. The molecule has 0 amide bonds. The lowest BCUT2D eigenvalue weighted by Gasteiger charge is -2.01. The highest BCUT2D eigenvalue weighted by molar-refractivity contribution is 7.98. The van der Waals surface area contributed by atoms with Crippen LogP contribution in [0.3, 0.4) is 0 Å². The van der Waals surface area contributed by atoms with Gasteiger partial charge >= 0.3 is 0 Å². The highest BCUT2D eigenvalue weighted by atomic mass is 35.5. The van der Waals surface area contributed by atoms with Crippen LogP contribution in [-0.4, -0.2) is 10.1 Å². The lowest BCUT2D eigenvalue weighted by Crippen LogP contribution is -1.98. The zero-order chi connectivity index (χ0) is 14.4. The van der Waals surface area contributed by atoms with Crippen molar-refractivity contribution < 1.29 is 4.52 Å². The molecular weight excluding hydrogens is 294 g/mol. The van der Waals surface area contributed by atoms with E-state index in [1.165, 1.54) is 0 Å². The third-order valence-corrected chi connectivity index (χ3v) is 4.18. The second-order valence-corrected chi connectivity index (χ2v) is 5.92. The monoisotopic (exact) mass is 307 g/mol. The summed E-state index contributed by atoms with van der Waals surface area (Å²) < 4.78 is 5.18. The molecule has 104 valence electrons. The number of aromatic nitrogens is 2. The van der Waals surface area contributed by atoms with Crippen molar-refractivity contribution in [2.45, 2.75) is 30.4 Å². The highest BCUT2D eigenvalue weighted by Gasteiger charge is 2.11. The van der Waals surface area contributed by atoms with E-state index in [4.69, 9.17) is 21.4 Å². The Kier molecular flexibility index (Phi) is 5.45. The molecule has 4 nitrogen and oxygen atoms in total. The molecule has 1 aromatic carbocycles. The molecule has 1 aromatic heterocycles. The Morgan fingerprint density at radius 2 is 2.25 bits per heavy atom. The number of nitrogens with zero attached hydrogens (tertiary/aromatic N) is 3. The number of rotatable bonds is 6. The molecule has 6 heteroatoms. The molecule has 1 atom stereocenters. The van der Waals surface area contributed by atoms with E-state index in [9.17, 15) is 0 Å². The maximum Gasteiger partial charge on any atom is 0.226 e. The van der Waals surface area contributed by atoms with E-state index in [1.54, 1.807) is 11.8 Å². The second-order valence-electron chi connectivity index (χ2n) is 4.49. The normalized spacial score (nSPS) is 12.1. The summed E-state index contributed by atoms with van der Waals surface area (Å²) in [6.45, 7) is 1.99. The maximum atomic E-state index is 8.62. The fourth-order valence-corrected chi connectivity index (χ4v) is 2.74. The van der Waals surface area contributed by atoms with Gasteiger partial charge in [0.1, 0.15) is 0 Å². The summed E-state index contributed by atoms with van der Waals surface area (Å²) in [6.07, 6.45) is 1.13. The van der Waals surface area contributed by atoms with E-state index < -0.39 is 0 Å². The van der Waals surface area contributed by atoms with Gasteiger partial charge < -0.3 is 4.52 Å². The summed E-state index contributed by atoms with van der Waals surface area (Å²) in [4.78, 5) is 5.32. The first kappa shape index (κ1) is 14.9. The first-order valence-electron chi connectivity index (χ1n) is 6.24. The third kappa shape index (κ3) is 4.26. The van der Waals surface area contributed by atoms with Crippen molar-refractivity contribution in [1.29, 1.82) is 5.26 Å². The quantitative estimate of drug-likeness (QED) is 0.752. The summed E-state index contributed by atoms with van der Waals surface area (Å²) in [5.74, 6) is 2.07. The van der Waals surface area contributed by atoms with E-state index >= 15 is 0 Å². The number of hydrogen-bond acceptors (Lipinski definition) is 5. The lowest BCUT2D eigenvalue weighted by molar-refractivity contribution is 0.356. The molecule has 1 unspecified atom stereocenters. The largest absolute Gasteiger partial charge is 0.339 e. The zero-order valence-corrected chi connectivity index (χ0v) is 12.6. The second kappa shape index (κ2) is 7.32. The van der Waals surface area contributed by atoms with Gasteiger partial charge in [-0.1, -0.05) is 35.8 Å². The zero-order valence-electron chi connectivity index (χ0n) is 11.0. The van der Waals surface area contributed by atoms with Gasteiger partial charge in [-0.15, -0.1) is 11.8 Å². The van der Waals surface area contributed by atoms with Crippen LogP contribution in [0.5, 0.6) is 0 Å². The maximum absolute atomic E-state index is 8.62. The molecule has 0 saturated heterocycles. The van der Waals surface area contributed by atoms with Gasteiger partial charge in [-0.25, -0.2) is 0 Å². The number of thioether (sulfide) groups is 1. The van der Waals surface area contributed by atoms with Crippen molar-refractivity contribution in [2.24, 2.45) is 5.92 Å². The summed E-state index contributed by atoms with van der Waals surface area (Å²) in [6, 6.07) is 9.80. The minimum Gasteiger partial charge on any atom is -0.339 e. The Morgan fingerprint density at radius 3 is 3.00 bits per heavy atom. The summed E-state index contributed by atoms with van der Waals surface area (Å²) >= 11 is 7.66. The lowest BCUT2D eigenvalue weighted by atomic mass is 10.1. The first-order chi connectivity index (χ1) is 9.69.